The number of hydrogen-bond donors (Lipinski definition) is 0. The normalized spacial score (nSPS) is 34.4. The van der Waals surface area contributed by atoms with Gasteiger partial charge in [-0.2, -0.15) is 0 Å². The molecule has 2 nitrogen and oxygen atoms in total. The predicted molar refractivity (Wildman–Crippen MR) is 59.3 cm³/mol. The molecular formula is C12H23NO. The summed E-state index contributed by atoms with van der Waals surface area (Å²) in [5.41, 5.74) is 0. The topological polar surface area (TPSA) is 20.3 Å². The molecule has 0 aromatic carbocycles. The van der Waals surface area contributed by atoms with E-state index in [1.54, 1.807) is 0 Å². The van der Waals surface area contributed by atoms with Crippen LogP contribution in [0.15, 0.2) is 0 Å². The van der Waals surface area contributed by atoms with E-state index in [1.165, 1.54) is 19.4 Å². The zero-order valence-electron chi connectivity index (χ0n) is 9.70. The Morgan fingerprint density at radius 2 is 1.86 bits per heavy atom. The standard InChI is InChI=1S/C12H23NO/c1-4-5-6-13-10(2)7-12(9-14)8-11(13)3/h9-12H,4-8H2,1-3H3/t10-,11-/m0/s1. The van der Waals surface area contributed by atoms with Crippen molar-refractivity contribution in [1.82, 2.24) is 4.90 Å². The van der Waals surface area contributed by atoms with Gasteiger partial charge < -0.3 is 4.79 Å². The molecule has 0 unspecified atom stereocenters. The molecule has 2 heteroatoms. The number of hydrogen-bond acceptors (Lipinski definition) is 2. The Labute approximate surface area is 87.7 Å². The van der Waals surface area contributed by atoms with Crippen LogP contribution in [0.25, 0.3) is 0 Å². The highest BCUT2D eigenvalue weighted by atomic mass is 16.1. The Hall–Kier alpha value is -0.370. The maximum Gasteiger partial charge on any atom is 0.123 e. The number of carbonyl (C=O) groups excluding carboxylic acids is 1. The van der Waals surface area contributed by atoms with Crippen molar-refractivity contribution >= 4 is 6.29 Å². The molecule has 1 fully saturated rings. The van der Waals surface area contributed by atoms with Crippen molar-refractivity contribution in [2.24, 2.45) is 5.92 Å². The van der Waals surface area contributed by atoms with Crippen molar-refractivity contribution in [3.8, 4) is 0 Å². The molecule has 14 heavy (non-hydrogen) atoms. The molecule has 0 saturated carbocycles. The summed E-state index contributed by atoms with van der Waals surface area (Å²) in [6.45, 7) is 7.93. The molecule has 1 aliphatic rings. The van der Waals surface area contributed by atoms with Crippen molar-refractivity contribution in [2.45, 2.75) is 58.5 Å². The fourth-order valence-electron chi connectivity index (χ4n) is 2.57. The first-order chi connectivity index (χ1) is 6.69. The van der Waals surface area contributed by atoms with Gasteiger partial charge in [-0.1, -0.05) is 13.3 Å². The van der Waals surface area contributed by atoms with Crippen LogP contribution in [0.4, 0.5) is 0 Å². The third-order valence-electron chi connectivity index (χ3n) is 3.38. The minimum Gasteiger partial charge on any atom is -0.303 e. The second-order valence-corrected chi connectivity index (χ2v) is 4.66. The van der Waals surface area contributed by atoms with Crippen LogP contribution in [0.2, 0.25) is 0 Å². The van der Waals surface area contributed by atoms with Crippen molar-refractivity contribution in [3.63, 3.8) is 0 Å². The Morgan fingerprint density at radius 3 is 2.29 bits per heavy atom. The Kier molecular flexibility index (Phi) is 4.59. The maximum atomic E-state index is 10.8. The van der Waals surface area contributed by atoms with Gasteiger partial charge >= 0.3 is 0 Å². The van der Waals surface area contributed by atoms with E-state index in [2.05, 4.69) is 25.7 Å². The van der Waals surface area contributed by atoms with Crippen LogP contribution in [0.5, 0.6) is 0 Å². The molecule has 1 heterocycles. The molecule has 0 aromatic rings. The molecular weight excluding hydrogens is 174 g/mol. The smallest absolute Gasteiger partial charge is 0.123 e. The highest BCUT2D eigenvalue weighted by Crippen LogP contribution is 2.26. The molecule has 82 valence electrons. The number of piperidine rings is 1. The van der Waals surface area contributed by atoms with Gasteiger partial charge in [0.2, 0.25) is 0 Å². The Bertz CT molecular complexity index is 169. The van der Waals surface area contributed by atoms with Gasteiger partial charge in [0.1, 0.15) is 6.29 Å². The average Bonchev–Trinajstić information content (AvgIpc) is 2.16. The van der Waals surface area contributed by atoms with E-state index in [-0.39, 0.29) is 0 Å². The van der Waals surface area contributed by atoms with E-state index >= 15 is 0 Å². The molecule has 0 N–H and O–H groups in total. The summed E-state index contributed by atoms with van der Waals surface area (Å²) in [6, 6.07) is 1.17. The molecule has 0 bridgehead atoms. The van der Waals surface area contributed by atoms with Crippen LogP contribution >= 0.6 is 0 Å². The van der Waals surface area contributed by atoms with Gasteiger partial charge in [0.15, 0.2) is 0 Å². The predicted octanol–water partition coefficient (Wildman–Crippen LogP) is 2.47. The number of rotatable bonds is 4. The van der Waals surface area contributed by atoms with Crippen molar-refractivity contribution in [2.75, 3.05) is 6.54 Å². The van der Waals surface area contributed by atoms with Crippen LogP contribution in [0.1, 0.15) is 46.5 Å². The van der Waals surface area contributed by atoms with E-state index in [0.717, 1.165) is 19.1 Å². The molecule has 0 spiro atoms. The average molecular weight is 197 g/mol. The third kappa shape index (κ3) is 2.81. The minimum absolute atomic E-state index is 0.304. The zero-order chi connectivity index (χ0) is 10.6. The van der Waals surface area contributed by atoms with Crippen molar-refractivity contribution in [1.29, 1.82) is 0 Å². The van der Waals surface area contributed by atoms with Crippen LogP contribution < -0.4 is 0 Å². The minimum atomic E-state index is 0.304. The summed E-state index contributed by atoms with van der Waals surface area (Å²) in [7, 11) is 0. The largest absolute Gasteiger partial charge is 0.303 e. The Balaban J connectivity index is 2.47. The van der Waals surface area contributed by atoms with Crippen LogP contribution in [0, 0.1) is 5.92 Å². The van der Waals surface area contributed by atoms with E-state index in [9.17, 15) is 4.79 Å². The van der Waals surface area contributed by atoms with Crippen LogP contribution in [0.3, 0.4) is 0 Å². The summed E-state index contributed by atoms with van der Waals surface area (Å²) < 4.78 is 0. The maximum absolute atomic E-state index is 10.8. The SMILES string of the molecule is CCCCN1[C@@H](C)CC(C=O)C[C@@H]1C. The van der Waals surface area contributed by atoms with Gasteiger partial charge in [-0.05, 0) is 39.7 Å². The highest BCUT2D eigenvalue weighted by molar-refractivity contribution is 5.53. The summed E-state index contributed by atoms with van der Waals surface area (Å²) in [6.07, 6.45) is 5.78. The van der Waals surface area contributed by atoms with Crippen molar-refractivity contribution < 1.29 is 4.79 Å². The fraction of sp³-hybridized carbons (Fsp3) is 0.917. The molecule has 1 aliphatic heterocycles. The summed E-state index contributed by atoms with van der Waals surface area (Å²) >= 11 is 0. The van der Waals surface area contributed by atoms with E-state index in [0.29, 0.717) is 18.0 Å². The first-order valence-corrected chi connectivity index (χ1v) is 5.90. The molecule has 1 saturated heterocycles. The molecule has 1 rings (SSSR count). The fourth-order valence-corrected chi connectivity index (χ4v) is 2.57. The molecule has 0 aliphatic carbocycles. The summed E-state index contributed by atoms with van der Waals surface area (Å²) in [4.78, 5) is 13.3. The van der Waals surface area contributed by atoms with Gasteiger partial charge in [-0.25, -0.2) is 0 Å². The lowest BCUT2D eigenvalue weighted by Gasteiger charge is -2.41. The lowest BCUT2D eigenvalue weighted by Crippen LogP contribution is -2.47. The lowest BCUT2D eigenvalue weighted by atomic mass is 9.88. The first-order valence-electron chi connectivity index (χ1n) is 5.90. The molecule has 0 radical (unpaired) electrons. The van der Waals surface area contributed by atoms with Crippen LogP contribution in [-0.4, -0.2) is 29.8 Å². The van der Waals surface area contributed by atoms with Crippen LogP contribution in [-0.2, 0) is 4.79 Å². The number of unbranched alkanes of at least 4 members (excludes halogenated alkanes) is 1. The second kappa shape index (κ2) is 5.50. The van der Waals surface area contributed by atoms with Gasteiger partial charge in [0.05, 0.1) is 0 Å². The van der Waals surface area contributed by atoms with Crippen molar-refractivity contribution in [3.05, 3.63) is 0 Å². The molecule has 0 aromatic heterocycles. The van der Waals surface area contributed by atoms with Gasteiger partial charge in [-0.15, -0.1) is 0 Å². The zero-order valence-corrected chi connectivity index (χ0v) is 9.70. The van der Waals surface area contributed by atoms with E-state index in [1.807, 2.05) is 0 Å². The Morgan fingerprint density at radius 1 is 1.29 bits per heavy atom. The quantitative estimate of drug-likeness (QED) is 0.645. The number of aldehydes is 1. The molecule has 0 amide bonds. The second-order valence-electron chi connectivity index (χ2n) is 4.66. The van der Waals surface area contributed by atoms with E-state index in [4.69, 9.17) is 0 Å². The number of likely N-dealkylation sites (tertiary alicyclic amines) is 1. The lowest BCUT2D eigenvalue weighted by molar-refractivity contribution is -0.113. The summed E-state index contributed by atoms with van der Waals surface area (Å²) in [5.74, 6) is 0.304. The third-order valence-corrected chi connectivity index (χ3v) is 3.38. The van der Waals surface area contributed by atoms with Gasteiger partial charge in [-0.3, -0.25) is 4.90 Å². The molecule has 2 atom stereocenters. The van der Waals surface area contributed by atoms with Gasteiger partial charge in [0, 0.05) is 18.0 Å². The monoisotopic (exact) mass is 197 g/mol. The summed E-state index contributed by atoms with van der Waals surface area (Å²) in [5, 5.41) is 0. The van der Waals surface area contributed by atoms with Gasteiger partial charge in [0.25, 0.3) is 0 Å². The van der Waals surface area contributed by atoms with E-state index < -0.39 is 0 Å². The first kappa shape index (κ1) is 11.7. The number of nitrogens with zero attached hydrogens (tertiary/aromatic N) is 1. The number of carbonyl (C=O) groups is 1. The highest BCUT2D eigenvalue weighted by Gasteiger charge is 2.29.